The van der Waals surface area contributed by atoms with Crippen LogP contribution in [0.4, 0.5) is 0 Å². The highest BCUT2D eigenvalue weighted by atomic mass is 32.2. The first-order valence-corrected chi connectivity index (χ1v) is 12.9. The molecule has 3 aromatic rings. The lowest BCUT2D eigenvalue weighted by molar-refractivity contribution is -0.121. The number of benzene rings is 2. The number of carbonyl (C=O) groups excluding carboxylic acids is 1. The third kappa shape index (κ3) is 5.17. The SMILES string of the molecule is COc1ccc(-n2c(SC(C)C(=O)NC3CCCC(C)C3C)nc3ccccc3c2=O)cc1OC. The number of ether oxygens (including phenoxy) is 2. The summed E-state index contributed by atoms with van der Waals surface area (Å²) in [5.41, 5.74) is 0.988. The first-order chi connectivity index (χ1) is 16.8. The number of nitrogens with one attached hydrogen (secondary N) is 1. The summed E-state index contributed by atoms with van der Waals surface area (Å²) < 4.78 is 12.4. The lowest BCUT2D eigenvalue weighted by Crippen LogP contribution is -2.46. The van der Waals surface area contributed by atoms with E-state index in [-0.39, 0.29) is 17.5 Å². The number of methoxy groups -OCH3 is 2. The fraction of sp³-hybridized carbons (Fsp3) is 0.444. The van der Waals surface area contributed by atoms with E-state index in [1.54, 1.807) is 43.1 Å². The molecule has 2 aromatic carbocycles. The highest BCUT2D eigenvalue weighted by molar-refractivity contribution is 8.00. The van der Waals surface area contributed by atoms with Crippen molar-refractivity contribution in [3.8, 4) is 17.2 Å². The molecule has 1 aliphatic carbocycles. The van der Waals surface area contributed by atoms with Crippen LogP contribution in [0, 0.1) is 11.8 Å². The number of aromatic nitrogens is 2. The molecule has 0 radical (unpaired) electrons. The smallest absolute Gasteiger partial charge is 0.266 e. The normalized spacial score (nSPS) is 20.9. The zero-order valence-corrected chi connectivity index (χ0v) is 21.7. The summed E-state index contributed by atoms with van der Waals surface area (Å²) in [4.78, 5) is 31.5. The minimum Gasteiger partial charge on any atom is -0.493 e. The number of amides is 1. The fourth-order valence-corrected chi connectivity index (χ4v) is 5.62. The number of thioether (sulfide) groups is 1. The monoisotopic (exact) mass is 495 g/mol. The van der Waals surface area contributed by atoms with Gasteiger partial charge in [0.25, 0.3) is 5.56 Å². The second-order valence-electron chi connectivity index (χ2n) is 9.23. The molecule has 35 heavy (non-hydrogen) atoms. The molecule has 1 amide bonds. The summed E-state index contributed by atoms with van der Waals surface area (Å²) in [6, 6.07) is 12.7. The van der Waals surface area contributed by atoms with E-state index in [1.165, 1.54) is 18.2 Å². The van der Waals surface area contributed by atoms with Crippen LogP contribution in [0.3, 0.4) is 0 Å². The number of rotatable bonds is 7. The summed E-state index contributed by atoms with van der Waals surface area (Å²) in [6.07, 6.45) is 3.33. The predicted octanol–water partition coefficient (Wildman–Crippen LogP) is 4.82. The van der Waals surface area contributed by atoms with E-state index in [0.29, 0.717) is 45.1 Å². The Morgan fingerprint density at radius 2 is 1.86 bits per heavy atom. The van der Waals surface area contributed by atoms with E-state index in [4.69, 9.17) is 14.5 Å². The molecule has 1 aromatic heterocycles. The van der Waals surface area contributed by atoms with Crippen molar-refractivity contribution in [1.29, 1.82) is 0 Å². The average Bonchev–Trinajstić information content (AvgIpc) is 2.86. The Hall–Kier alpha value is -3.00. The van der Waals surface area contributed by atoms with Crippen molar-refractivity contribution in [2.75, 3.05) is 14.2 Å². The zero-order chi connectivity index (χ0) is 25.1. The maximum Gasteiger partial charge on any atom is 0.266 e. The number of fused-ring (bicyclic) bond motifs is 1. The van der Waals surface area contributed by atoms with Gasteiger partial charge in [-0.15, -0.1) is 0 Å². The molecule has 0 aliphatic heterocycles. The summed E-state index contributed by atoms with van der Waals surface area (Å²) >= 11 is 1.28. The van der Waals surface area contributed by atoms with Crippen molar-refractivity contribution in [3.05, 3.63) is 52.8 Å². The lowest BCUT2D eigenvalue weighted by atomic mass is 9.78. The van der Waals surface area contributed by atoms with Crippen LogP contribution in [0.25, 0.3) is 16.6 Å². The molecule has 1 aliphatic rings. The van der Waals surface area contributed by atoms with E-state index in [9.17, 15) is 9.59 Å². The Kier molecular flexibility index (Phi) is 7.69. The summed E-state index contributed by atoms with van der Waals surface area (Å²) in [7, 11) is 3.12. The van der Waals surface area contributed by atoms with Gasteiger partial charge in [0.15, 0.2) is 16.7 Å². The number of hydrogen-bond acceptors (Lipinski definition) is 6. The average molecular weight is 496 g/mol. The van der Waals surface area contributed by atoms with Crippen LogP contribution < -0.4 is 20.3 Å². The first kappa shape index (κ1) is 25.1. The van der Waals surface area contributed by atoms with Crippen LogP contribution in [0.1, 0.15) is 40.0 Å². The van der Waals surface area contributed by atoms with Gasteiger partial charge in [-0.05, 0) is 49.4 Å². The highest BCUT2D eigenvalue weighted by Crippen LogP contribution is 2.33. The molecule has 0 bridgehead atoms. The predicted molar refractivity (Wildman–Crippen MR) is 140 cm³/mol. The van der Waals surface area contributed by atoms with Crippen molar-refractivity contribution in [1.82, 2.24) is 14.9 Å². The molecule has 1 heterocycles. The summed E-state index contributed by atoms with van der Waals surface area (Å²) in [5.74, 6) is 2.06. The Morgan fingerprint density at radius 1 is 1.11 bits per heavy atom. The quantitative estimate of drug-likeness (QED) is 0.374. The molecule has 0 saturated heterocycles. The van der Waals surface area contributed by atoms with E-state index in [2.05, 4.69) is 19.2 Å². The van der Waals surface area contributed by atoms with Gasteiger partial charge in [-0.3, -0.25) is 14.2 Å². The van der Waals surface area contributed by atoms with E-state index in [0.717, 1.165) is 12.8 Å². The Balaban J connectivity index is 1.70. The van der Waals surface area contributed by atoms with Gasteiger partial charge in [-0.25, -0.2) is 4.98 Å². The van der Waals surface area contributed by atoms with Crippen LogP contribution in [0.2, 0.25) is 0 Å². The number of nitrogens with zero attached hydrogens (tertiary/aromatic N) is 2. The van der Waals surface area contributed by atoms with Gasteiger partial charge in [0.2, 0.25) is 5.91 Å². The van der Waals surface area contributed by atoms with Crippen molar-refractivity contribution in [2.45, 2.75) is 56.5 Å². The summed E-state index contributed by atoms with van der Waals surface area (Å²) in [6.45, 7) is 6.32. The zero-order valence-electron chi connectivity index (χ0n) is 20.9. The second kappa shape index (κ2) is 10.7. The third-order valence-corrected chi connectivity index (χ3v) is 8.11. The first-order valence-electron chi connectivity index (χ1n) is 12.0. The topological polar surface area (TPSA) is 82.5 Å². The molecule has 186 valence electrons. The Labute approximate surface area is 210 Å². The van der Waals surface area contributed by atoms with Crippen LogP contribution in [-0.2, 0) is 4.79 Å². The molecule has 1 saturated carbocycles. The van der Waals surface area contributed by atoms with Gasteiger partial charge < -0.3 is 14.8 Å². The van der Waals surface area contributed by atoms with Gasteiger partial charge in [0.05, 0.1) is 36.1 Å². The number of carbonyl (C=O) groups is 1. The molecule has 4 atom stereocenters. The molecule has 4 rings (SSSR count). The standard InChI is InChI=1S/C27H33N3O4S/c1-16-9-8-12-21(17(16)2)28-25(31)18(3)35-27-29-22-11-7-6-10-20(22)26(32)30(27)19-13-14-23(33-4)24(15-19)34-5/h6-7,10-11,13-18,21H,8-9,12H2,1-5H3,(H,28,31). The van der Waals surface area contributed by atoms with Gasteiger partial charge in [-0.2, -0.15) is 0 Å². The van der Waals surface area contributed by atoms with Crippen molar-refractivity contribution < 1.29 is 14.3 Å². The lowest BCUT2D eigenvalue weighted by Gasteiger charge is -2.35. The van der Waals surface area contributed by atoms with Gasteiger partial charge >= 0.3 is 0 Å². The van der Waals surface area contributed by atoms with E-state index < -0.39 is 5.25 Å². The number of hydrogen-bond donors (Lipinski definition) is 1. The summed E-state index contributed by atoms with van der Waals surface area (Å²) in [5, 5.41) is 3.78. The third-order valence-electron chi connectivity index (χ3n) is 7.06. The van der Waals surface area contributed by atoms with Crippen LogP contribution >= 0.6 is 11.8 Å². The minimum atomic E-state index is -0.432. The molecular weight excluding hydrogens is 462 g/mol. The maximum atomic E-state index is 13.6. The fourth-order valence-electron chi connectivity index (χ4n) is 4.68. The van der Waals surface area contributed by atoms with Gasteiger partial charge in [0, 0.05) is 12.1 Å². The van der Waals surface area contributed by atoms with E-state index in [1.807, 2.05) is 25.1 Å². The second-order valence-corrected chi connectivity index (χ2v) is 10.5. The van der Waals surface area contributed by atoms with Crippen LogP contribution in [-0.4, -0.2) is 41.0 Å². The Bertz CT molecular complexity index is 1280. The Morgan fingerprint density at radius 3 is 2.60 bits per heavy atom. The molecule has 1 fully saturated rings. The van der Waals surface area contributed by atoms with E-state index >= 15 is 0 Å². The highest BCUT2D eigenvalue weighted by Gasteiger charge is 2.30. The molecule has 1 N–H and O–H groups in total. The largest absolute Gasteiger partial charge is 0.493 e. The molecule has 0 spiro atoms. The van der Waals surface area contributed by atoms with Gasteiger partial charge in [-0.1, -0.05) is 50.6 Å². The maximum absolute atomic E-state index is 13.6. The molecular formula is C27H33N3O4S. The molecule has 8 heteroatoms. The van der Waals surface area contributed by atoms with Crippen molar-refractivity contribution in [3.63, 3.8) is 0 Å². The molecule has 7 nitrogen and oxygen atoms in total. The number of para-hydroxylation sites is 1. The van der Waals surface area contributed by atoms with Crippen LogP contribution in [0.5, 0.6) is 11.5 Å². The van der Waals surface area contributed by atoms with Crippen molar-refractivity contribution >= 4 is 28.6 Å². The van der Waals surface area contributed by atoms with Gasteiger partial charge in [0.1, 0.15) is 0 Å². The molecule has 4 unspecified atom stereocenters. The van der Waals surface area contributed by atoms with Crippen LogP contribution in [0.15, 0.2) is 52.4 Å². The minimum absolute atomic E-state index is 0.0396. The van der Waals surface area contributed by atoms with Crippen molar-refractivity contribution in [2.24, 2.45) is 11.8 Å².